The van der Waals surface area contributed by atoms with Gasteiger partial charge in [-0.3, -0.25) is 0 Å². The van der Waals surface area contributed by atoms with Crippen molar-refractivity contribution in [3.63, 3.8) is 0 Å². The molecule has 0 aliphatic rings. The average Bonchev–Trinajstić information content (AvgIpc) is 2.77. The molecule has 2 heteroatoms. The topological polar surface area (TPSA) is 3.24 Å². The first kappa shape index (κ1) is 18.3. The van der Waals surface area contributed by atoms with Gasteiger partial charge >= 0.3 is 0 Å². The van der Waals surface area contributed by atoms with E-state index in [9.17, 15) is 0 Å². The Labute approximate surface area is 169 Å². The molecule has 0 bridgehead atoms. The third-order valence-corrected chi connectivity index (χ3v) is 7.72. The van der Waals surface area contributed by atoms with Crippen LogP contribution >= 0.6 is 0 Å². The predicted molar refractivity (Wildman–Crippen MR) is 123 cm³/mol. The van der Waals surface area contributed by atoms with E-state index in [1.807, 2.05) is 0 Å². The lowest BCUT2D eigenvalue weighted by atomic mass is 10.2. The summed E-state index contributed by atoms with van der Waals surface area (Å²) in [5.41, 5.74) is 2.57. The van der Waals surface area contributed by atoms with Crippen LogP contribution in [0.1, 0.15) is 5.56 Å². The van der Waals surface area contributed by atoms with Crippen LogP contribution in [0.4, 0.5) is 5.69 Å². The molecular weight excluding hydrogens is 354 g/mol. The van der Waals surface area contributed by atoms with Crippen LogP contribution in [0.15, 0.2) is 115 Å². The third-order valence-electron chi connectivity index (χ3n) is 4.98. The van der Waals surface area contributed by atoms with E-state index in [4.69, 9.17) is 0 Å². The summed E-state index contributed by atoms with van der Waals surface area (Å²) in [6, 6.07) is 41.6. The maximum absolute atomic E-state index is 2.31. The Balaban J connectivity index is 1.61. The Kier molecular flexibility index (Phi) is 5.69. The molecule has 1 nitrogen and oxygen atoms in total. The Morgan fingerprint density at radius 2 is 0.964 bits per heavy atom. The Morgan fingerprint density at radius 1 is 0.536 bits per heavy atom. The van der Waals surface area contributed by atoms with Crippen molar-refractivity contribution in [1.29, 1.82) is 0 Å². The zero-order valence-electron chi connectivity index (χ0n) is 16.1. The van der Waals surface area contributed by atoms with Crippen molar-refractivity contribution in [2.24, 2.45) is 0 Å². The lowest BCUT2D eigenvalue weighted by molar-refractivity contribution is 0.923. The second kappa shape index (κ2) is 8.72. The number of rotatable bonds is 6. The van der Waals surface area contributed by atoms with Crippen molar-refractivity contribution in [2.45, 2.75) is 6.54 Å². The van der Waals surface area contributed by atoms with Crippen LogP contribution in [0.5, 0.6) is 0 Å². The lowest BCUT2D eigenvalue weighted by Gasteiger charge is -2.21. The highest BCUT2D eigenvalue weighted by Crippen LogP contribution is 2.14. The van der Waals surface area contributed by atoms with Gasteiger partial charge in [-0.05, 0) is 17.7 Å². The standard InChI is InChI=1S/C26H24NSi/c1-27(21-22-11-5-2-6-12-22)23-17-19-26(20-18-23)28(24-13-7-3-8-14-24)25-15-9-4-10-16-25/h2-20H,21H2,1H3. The molecule has 0 aliphatic heterocycles. The lowest BCUT2D eigenvalue weighted by Crippen LogP contribution is -2.51. The second-order valence-corrected chi connectivity index (χ2v) is 9.48. The summed E-state index contributed by atoms with van der Waals surface area (Å²) >= 11 is 0. The highest BCUT2D eigenvalue weighted by atomic mass is 28.3. The van der Waals surface area contributed by atoms with Gasteiger partial charge in [0.05, 0.1) is 0 Å². The summed E-state index contributed by atoms with van der Waals surface area (Å²) in [7, 11) is 1.16. The summed E-state index contributed by atoms with van der Waals surface area (Å²) in [5, 5.41) is 4.26. The minimum atomic E-state index is -0.996. The molecule has 0 saturated carbocycles. The van der Waals surface area contributed by atoms with E-state index in [0.29, 0.717) is 0 Å². The number of hydrogen-bond donors (Lipinski definition) is 0. The molecule has 1 radical (unpaired) electrons. The number of nitrogens with zero attached hydrogens (tertiary/aromatic N) is 1. The molecule has 4 rings (SSSR count). The number of benzene rings is 4. The molecule has 0 aliphatic carbocycles. The maximum Gasteiger partial charge on any atom is 0.154 e. The van der Waals surface area contributed by atoms with E-state index < -0.39 is 8.80 Å². The van der Waals surface area contributed by atoms with Crippen molar-refractivity contribution in [1.82, 2.24) is 0 Å². The number of hydrogen-bond acceptors (Lipinski definition) is 1. The van der Waals surface area contributed by atoms with Gasteiger partial charge in [0, 0.05) is 19.3 Å². The fourth-order valence-electron chi connectivity index (χ4n) is 3.54. The van der Waals surface area contributed by atoms with Gasteiger partial charge in [-0.2, -0.15) is 0 Å². The van der Waals surface area contributed by atoms with Crippen molar-refractivity contribution >= 4 is 30.0 Å². The molecule has 4 aromatic rings. The second-order valence-electron chi connectivity index (χ2n) is 7.00. The van der Waals surface area contributed by atoms with E-state index in [-0.39, 0.29) is 0 Å². The quantitative estimate of drug-likeness (QED) is 0.364. The summed E-state index contributed by atoms with van der Waals surface area (Å²) < 4.78 is 0. The molecule has 28 heavy (non-hydrogen) atoms. The number of anilines is 1. The van der Waals surface area contributed by atoms with Crippen molar-refractivity contribution in [3.05, 3.63) is 121 Å². The molecule has 0 amide bonds. The summed E-state index contributed by atoms with van der Waals surface area (Å²) in [4.78, 5) is 2.30. The molecule has 0 saturated heterocycles. The predicted octanol–water partition coefficient (Wildman–Crippen LogP) is 3.84. The fourth-order valence-corrected chi connectivity index (χ4v) is 6.09. The molecular formula is C26H24NSi. The van der Waals surface area contributed by atoms with E-state index in [2.05, 4.69) is 127 Å². The molecule has 0 N–H and O–H groups in total. The van der Waals surface area contributed by atoms with Gasteiger partial charge < -0.3 is 4.90 Å². The summed E-state index contributed by atoms with van der Waals surface area (Å²) in [6.07, 6.45) is 0. The van der Waals surface area contributed by atoms with Gasteiger partial charge in [0.1, 0.15) is 0 Å². The highest BCUT2D eigenvalue weighted by molar-refractivity contribution is 6.95. The van der Waals surface area contributed by atoms with Gasteiger partial charge in [0.25, 0.3) is 0 Å². The molecule has 4 aromatic carbocycles. The molecule has 0 unspecified atom stereocenters. The SMILES string of the molecule is CN(Cc1ccccc1)c1ccc([Si](c2ccccc2)c2ccccc2)cc1. The van der Waals surface area contributed by atoms with E-state index in [1.165, 1.54) is 26.8 Å². The molecule has 137 valence electrons. The van der Waals surface area contributed by atoms with E-state index in [0.717, 1.165) is 6.54 Å². The molecule has 0 atom stereocenters. The Bertz CT molecular complexity index is 943. The van der Waals surface area contributed by atoms with Crippen LogP contribution in [-0.2, 0) is 6.54 Å². The monoisotopic (exact) mass is 378 g/mol. The van der Waals surface area contributed by atoms with E-state index in [1.54, 1.807) is 0 Å². The first-order valence-electron chi connectivity index (χ1n) is 9.64. The van der Waals surface area contributed by atoms with Crippen LogP contribution in [0, 0.1) is 0 Å². The first-order chi connectivity index (χ1) is 13.8. The molecule has 0 heterocycles. The zero-order chi connectivity index (χ0) is 19.2. The van der Waals surface area contributed by atoms with Crippen LogP contribution in [0.2, 0.25) is 0 Å². The third kappa shape index (κ3) is 4.24. The van der Waals surface area contributed by atoms with Gasteiger partial charge in [-0.25, -0.2) is 0 Å². The molecule has 0 aromatic heterocycles. The maximum atomic E-state index is 2.31. The smallest absolute Gasteiger partial charge is 0.154 e. The normalized spacial score (nSPS) is 10.8. The minimum absolute atomic E-state index is 0.912. The van der Waals surface area contributed by atoms with Crippen molar-refractivity contribution < 1.29 is 0 Å². The van der Waals surface area contributed by atoms with Crippen LogP contribution in [-0.4, -0.2) is 15.8 Å². The zero-order valence-corrected chi connectivity index (χ0v) is 17.1. The van der Waals surface area contributed by atoms with Gasteiger partial charge in [-0.15, -0.1) is 0 Å². The fraction of sp³-hybridized carbons (Fsp3) is 0.0769. The van der Waals surface area contributed by atoms with E-state index >= 15 is 0 Å². The van der Waals surface area contributed by atoms with Crippen molar-refractivity contribution in [2.75, 3.05) is 11.9 Å². The van der Waals surface area contributed by atoms with Gasteiger partial charge in [0.15, 0.2) is 8.80 Å². The Hall–Kier alpha value is -3.10. The highest BCUT2D eigenvalue weighted by Gasteiger charge is 2.19. The first-order valence-corrected chi connectivity index (χ1v) is 11.1. The van der Waals surface area contributed by atoms with Crippen LogP contribution in [0.25, 0.3) is 0 Å². The minimum Gasteiger partial charge on any atom is -0.370 e. The van der Waals surface area contributed by atoms with Gasteiger partial charge in [0.2, 0.25) is 0 Å². The van der Waals surface area contributed by atoms with Crippen LogP contribution in [0.3, 0.4) is 0 Å². The largest absolute Gasteiger partial charge is 0.370 e. The Morgan fingerprint density at radius 3 is 1.46 bits per heavy atom. The average molecular weight is 379 g/mol. The van der Waals surface area contributed by atoms with Gasteiger partial charge in [-0.1, -0.05) is 119 Å². The molecule has 0 fully saturated rings. The summed E-state index contributed by atoms with van der Waals surface area (Å²) in [5.74, 6) is 0. The van der Waals surface area contributed by atoms with Crippen LogP contribution < -0.4 is 20.5 Å². The van der Waals surface area contributed by atoms with Crippen molar-refractivity contribution in [3.8, 4) is 0 Å². The molecule has 0 spiro atoms. The summed E-state index contributed by atoms with van der Waals surface area (Å²) in [6.45, 7) is 0.912.